The fraction of sp³-hybridized carbons (Fsp3) is 0.632. The highest BCUT2D eigenvalue weighted by atomic mass is 16.6. The molecule has 1 saturated heterocycles. The van der Waals surface area contributed by atoms with Crippen LogP contribution in [0.15, 0.2) is 30.3 Å². The average molecular weight is 318 g/mol. The van der Waals surface area contributed by atoms with E-state index in [-0.39, 0.29) is 6.09 Å². The van der Waals surface area contributed by atoms with Crippen molar-refractivity contribution in [2.24, 2.45) is 5.92 Å². The van der Waals surface area contributed by atoms with E-state index in [1.54, 1.807) is 0 Å². The number of hydrogen-bond donors (Lipinski definition) is 2. The molecule has 4 heteroatoms. The largest absolute Gasteiger partial charge is 0.444 e. The Hall–Kier alpha value is -1.55. The third-order valence-electron chi connectivity index (χ3n) is 4.17. The quantitative estimate of drug-likeness (QED) is 0.873. The maximum atomic E-state index is 11.9. The van der Waals surface area contributed by atoms with E-state index in [1.807, 2.05) is 26.8 Å². The van der Waals surface area contributed by atoms with Crippen LogP contribution in [-0.4, -0.2) is 30.8 Å². The Bertz CT molecular complexity index is 476. The Labute approximate surface area is 140 Å². The second kappa shape index (κ2) is 8.34. The molecule has 23 heavy (non-hydrogen) atoms. The summed E-state index contributed by atoms with van der Waals surface area (Å²) in [6.07, 6.45) is 4.32. The number of rotatable bonds is 5. The Balaban J connectivity index is 1.94. The minimum atomic E-state index is -0.456. The van der Waals surface area contributed by atoms with Crippen molar-refractivity contribution in [1.82, 2.24) is 10.6 Å². The molecule has 0 bridgehead atoms. The van der Waals surface area contributed by atoms with Gasteiger partial charge < -0.3 is 15.4 Å². The Kier molecular flexibility index (Phi) is 6.46. The third-order valence-corrected chi connectivity index (χ3v) is 4.17. The van der Waals surface area contributed by atoms with Crippen LogP contribution in [0, 0.1) is 5.92 Å². The van der Waals surface area contributed by atoms with Gasteiger partial charge in [0.15, 0.2) is 0 Å². The second-order valence-corrected chi connectivity index (χ2v) is 7.39. The lowest BCUT2D eigenvalue weighted by Crippen LogP contribution is -2.46. The number of nitrogens with one attached hydrogen (secondary N) is 2. The van der Waals surface area contributed by atoms with Crippen molar-refractivity contribution in [3.8, 4) is 0 Å². The van der Waals surface area contributed by atoms with Gasteiger partial charge in [0.2, 0.25) is 0 Å². The fourth-order valence-corrected chi connectivity index (χ4v) is 3.08. The molecule has 1 heterocycles. The number of benzene rings is 1. The molecular weight excluding hydrogens is 288 g/mol. The van der Waals surface area contributed by atoms with Crippen LogP contribution in [0.4, 0.5) is 4.79 Å². The molecule has 0 aliphatic carbocycles. The van der Waals surface area contributed by atoms with Gasteiger partial charge in [-0.25, -0.2) is 4.79 Å². The lowest BCUT2D eigenvalue weighted by Gasteiger charge is -2.32. The zero-order valence-corrected chi connectivity index (χ0v) is 14.6. The van der Waals surface area contributed by atoms with Crippen molar-refractivity contribution in [3.05, 3.63) is 35.9 Å². The van der Waals surface area contributed by atoms with Crippen molar-refractivity contribution in [2.75, 3.05) is 13.1 Å². The van der Waals surface area contributed by atoms with E-state index in [0.717, 1.165) is 13.0 Å². The van der Waals surface area contributed by atoms with Gasteiger partial charge in [0.05, 0.1) is 0 Å². The number of amides is 1. The highest BCUT2D eigenvalue weighted by Crippen LogP contribution is 2.19. The number of carbonyl (C=O) groups excluding carboxylic acids is 1. The monoisotopic (exact) mass is 318 g/mol. The van der Waals surface area contributed by atoms with Gasteiger partial charge in [-0.3, -0.25) is 0 Å². The van der Waals surface area contributed by atoms with Crippen LogP contribution in [0.25, 0.3) is 0 Å². The van der Waals surface area contributed by atoms with Crippen molar-refractivity contribution >= 4 is 6.09 Å². The molecule has 2 atom stereocenters. The van der Waals surface area contributed by atoms with Crippen LogP contribution in [-0.2, 0) is 11.2 Å². The molecule has 2 N–H and O–H groups in total. The van der Waals surface area contributed by atoms with Crippen LogP contribution in [0.5, 0.6) is 0 Å². The van der Waals surface area contributed by atoms with Gasteiger partial charge >= 0.3 is 6.09 Å². The molecule has 0 saturated carbocycles. The summed E-state index contributed by atoms with van der Waals surface area (Å²) in [5.74, 6) is 0.380. The minimum Gasteiger partial charge on any atom is -0.444 e. The normalized spacial score (nSPS) is 19.9. The van der Waals surface area contributed by atoms with Gasteiger partial charge in [-0.05, 0) is 58.1 Å². The smallest absolute Gasteiger partial charge is 0.407 e. The molecule has 4 nitrogen and oxygen atoms in total. The number of carbonyl (C=O) groups is 1. The Morgan fingerprint density at radius 2 is 2.04 bits per heavy atom. The van der Waals surface area contributed by atoms with E-state index in [9.17, 15) is 4.79 Å². The maximum Gasteiger partial charge on any atom is 0.407 e. The SMILES string of the molecule is CC(C)(C)OC(=O)NCC(Cc1ccccc1)C1CCCCN1. The molecule has 0 aromatic heterocycles. The first-order chi connectivity index (χ1) is 10.9. The van der Waals surface area contributed by atoms with Gasteiger partial charge in [0.1, 0.15) is 5.60 Å². The summed E-state index contributed by atoms with van der Waals surface area (Å²) >= 11 is 0. The predicted octanol–water partition coefficient (Wildman–Crippen LogP) is 3.51. The molecule has 2 rings (SSSR count). The predicted molar refractivity (Wildman–Crippen MR) is 93.5 cm³/mol. The van der Waals surface area contributed by atoms with Gasteiger partial charge in [-0.2, -0.15) is 0 Å². The molecule has 1 aromatic carbocycles. The first-order valence-corrected chi connectivity index (χ1v) is 8.68. The molecule has 1 amide bonds. The van der Waals surface area contributed by atoms with Crippen LogP contribution in [0.3, 0.4) is 0 Å². The van der Waals surface area contributed by atoms with Crippen LogP contribution < -0.4 is 10.6 Å². The summed E-state index contributed by atoms with van der Waals surface area (Å²) < 4.78 is 5.36. The number of hydrogen-bond acceptors (Lipinski definition) is 3. The molecule has 1 fully saturated rings. The summed E-state index contributed by atoms with van der Waals surface area (Å²) in [6, 6.07) is 11.0. The summed E-state index contributed by atoms with van der Waals surface area (Å²) in [5.41, 5.74) is 0.859. The summed E-state index contributed by atoms with van der Waals surface area (Å²) in [7, 11) is 0. The van der Waals surface area contributed by atoms with Gasteiger partial charge in [-0.1, -0.05) is 36.8 Å². The van der Waals surface area contributed by atoms with Crippen molar-refractivity contribution in [1.29, 1.82) is 0 Å². The molecule has 1 aliphatic rings. The molecular formula is C19H30N2O2. The topological polar surface area (TPSA) is 50.4 Å². The summed E-state index contributed by atoms with van der Waals surface area (Å²) in [5, 5.41) is 6.57. The van der Waals surface area contributed by atoms with Gasteiger partial charge in [0.25, 0.3) is 0 Å². The number of piperidine rings is 1. The Morgan fingerprint density at radius 1 is 1.30 bits per heavy atom. The molecule has 0 radical (unpaired) electrons. The zero-order valence-electron chi connectivity index (χ0n) is 14.6. The zero-order chi connectivity index (χ0) is 16.7. The molecule has 2 unspecified atom stereocenters. The second-order valence-electron chi connectivity index (χ2n) is 7.39. The third kappa shape index (κ3) is 6.61. The number of alkyl carbamates (subject to hydrolysis) is 1. The highest BCUT2D eigenvalue weighted by molar-refractivity contribution is 5.67. The van der Waals surface area contributed by atoms with Gasteiger partial charge in [-0.15, -0.1) is 0 Å². The first kappa shape index (κ1) is 17.8. The van der Waals surface area contributed by atoms with E-state index in [0.29, 0.717) is 18.5 Å². The number of ether oxygens (including phenoxy) is 1. The molecule has 0 spiro atoms. The Morgan fingerprint density at radius 3 is 2.65 bits per heavy atom. The van der Waals surface area contributed by atoms with Crippen molar-refractivity contribution in [2.45, 2.75) is 58.1 Å². The average Bonchev–Trinajstić information content (AvgIpc) is 2.51. The van der Waals surface area contributed by atoms with Crippen molar-refractivity contribution < 1.29 is 9.53 Å². The van der Waals surface area contributed by atoms with Crippen LogP contribution in [0.1, 0.15) is 45.6 Å². The molecule has 1 aliphatic heterocycles. The first-order valence-electron chi connectivity index (χ1n) is 8.68. The fourth-order valence-electron chi connectivity index (χ4n) is 3.08. The van der Waals surface area contributed by atoms with E-state index in [4.69, 9.17) is 4.74 Å². The van der Waals surface area contributed by atoms with E-state index in [1.165, 1.54) is 24.8 Å². The van der Waals surface area contributed by atoms with E-state index >= 15 is 0 Å². The van der Waals surface area contributed by atoms with E-state index < -0.39 is 5.60 Å². The standard InChI is InChI=1S/C19H30N2O2/c1-19(2,3)23-18(22)21-14-16(17-11-7-8-12-20-17)13-15-9-5-4-6-10-15/h4-6,9-10,16-17,20H,7-8,11-14H2,1-3H3,(H,21,22). The lowest BCUT2D eigenvalue weighted by molar-refractivity contribution is 0.0514. The minimum absolute atomic E-state index is 0.327. The summed E-state index contributed by atoms with van der Waals surface area (Å²) in [6.45, 7) is 7.37. The van der Waals surface area contributed by atoms with Crippen LogP contribution >= 0.6 is 0 Å². The lowest BCUT2D eigenvalue weighted by atomic mass is 9.87. The van der Waals surface area contributed by atoms with Gasteiger partial charge in [0, 0.05) is 12.6 Å². The summed E-state index contributed by atoms with van der Waals surface area (Å²) in [4.78, 5) is 11.9. The maximum absolute atomic E-state index is 11.9. The van der Waals surface area contributed by atoms with Crippen molar-refractivity contribution in [3.63, 3.8) is 0 Å². The molecule has 1 aromatic rings. The van der Waals surface area contributed by atoms with E-state index in [2.05, 4.69) is 34.9 Å². The highest BCUT2D eigenvalue weighted by Gasteiger charge is 2.25. The van der Waals surface area contributed by atoms with Crippen LogP contribution in [0.2, 0.25) is 0 Å². The molecule has 128 valence electrons.